The predicted molar refractivity (Wildman–Crippen MR) is 91.9 cm³/mol. The molecule has 1 fully saturated rings. The highest BCUT2D eigenvalue weighted by atomic mass is 32.2. The van der Waals surface area contributed by atoms with E-state index in [9.17, 15) is 4.79 Å². The molecule has 1 saturated carbocycles. The van der Waals surface area contributed by atoms with E-state index in [-0.39, 0.29) is 18.7 Å². The van der Waals surface area contributed by atoms with Crippen molar-refractivity contribution in [2.24, 2.45) is 0 Å². The average Bonchev–Trinajstić information content (AvgIpc) is 2.55. The fourth-order valence-corrected chi connectivity index (χ4v) is 4.11. The van der Waals surface area contributed by atoms with Crippen molar-refractivity contribution < 1.29 is 9.90 Å². The number of amides is 2. The lowest BCUT2D eigenvalue weighted by Gasteiger charge is -2.31. The Morgan fingerprint density at radius 1 is 1.32 bits per heavy atom. The van der Waals surface area contributed by atoms with E-state index in [2.05, 4.69) is 17.6 Å². The monoisotopic (exact) mass is 322 g/mol. The van der Waals surface area contributed by atoms with Crippen LogP contribution in [0.1, 0.15) is 43.7 Å². The highest BCUT2D eigenvalue weighted by Gasteiger charge is 2.26. The van der Waals surface area contributed by atoms with E-state index in [0.29, 0.717) is 11.8 Å². The van der Waals surface area contributed by atoms with Crippen molar-refractivity contribution in [2.75, 3.05) is 5.75 Å². The maximum Gasteiger partial charge on any atom is 0.315 e. The van der Waals surface area contributed by atoms with Crippen LogP contribution in [0.3, 0.4) is 0 Å². The molecule has 1 aliphatic rings. The summed E-state index contributed by atoms with van der Waals surface area (Å²) in [5, 5.41) is 15.7. The smallest absolute Gasteiger partial charge is 0.315 e. The summed E-state index contributed by atoms with van der Waals surface area (Å²) in [5.74, 6) is 1.10. The molecule has 4 nitrogen and oxygen atoms in total. The van der Waals surface area contributed by atoms with Crippen LogP contribution < -0.4 is 10.6 Å². The molecule has 122 valence electrons. The summed E-state index contributed by atoms with van der Waals surface area (Å²) in [7, 11) is 0. The zero-order chi connectivity index (χ0) is 15.8. The fourth-order valence-electron chi connectivity index (χ4n) is 2.92. The van der Waals surface area contributed by atoms with Gasteiger partial charge in [-0.25, -0.2) is 4.79 Å². The summed E-state index contributed by atoms with van der Waals surface area (Å²) < 4.78 is 0. The molecular formula is C17H26N2O2S. The van der Waals surface area contributed by atoms with Gasteiger partial charge in [-0.2, -0.15) is 11.8 Å². The second kappa shape index (κ2) is 9.06. The molecule has 2 unspecified atom stereocenters. The first kappa shape index (κ1) is 17.2. The molecule has 0 aromatic heterocycles. The predicted octanol–water partition coefficient (Wildman–Crippen LogP) is 3.04. The number of hydrogen-bond donors (Lipinski definition) is 3. The van der Waals surface area contributed by atoms with Gasteiger partial charge < -0.3 is 15.7 Å². The first-order chi connectivity index (χ1) is 10.7. The van der Waals surface area contributed by atoms with Crippen molar-refractivity contribution in [3.05, 3.63) is 35.4 Å². The second-order valence-corrected chi connectivity index (χ2v) is 7.21. The van der Waals surface area contributed by atoms with Crippen molar-refractivity contribution in [2.45, 2.75) is 57.1 Å². The van der Waals surface area contributed by atoms with Crippen LogP contribution >= 0.6 is 11.8 Å². The van der Waals surface area contributed by atoms with Crippen molar-refractivity contribution >= 4 is 17.8 Å². The Morgan fingerprint density at radius 3 is 2.86 bits per heavy atom. The highest BCUT2D eigenvalue weighted by molar-refractivity contribution is 7.99. The number of carbonyl (C=O) groups excluding carboxylic acids is 1. The second-order valence-electron chi connectivity index (χ2n) is 5.69. The summed E-state index contributed by atoms with van der Waals surface area (Å²) >= 11 is 1.95. The summed E-state index contributed by atoms with van der Waals surface area (Å²) in [5.41, 5.74) is 1.87. The standard InChI is InChI=1S/C17H26N2O2S/c1-2-22-16-9-4-3-8-15(16)19-17(21)18-11-13-6-5-7-14(10-13)12-20/h5-7,10,15-16,20H,2-4,8-9,11-12H2,1H3,(H2,18,19,21). The molecule has 1 aliphatic carbocycles. The third-order valence-corrected chi connectivity index (χ3v) is 5.35. The number of nitrogens with one attached hydrogen (secondary N) is 2. The molecule has 0 bridgehead atoms. The van der Waals surface area contributed by atoms with Crippen LogP contribution in [0.15, 0.2) is 24.3 Å². The molecule has 22 heavy (non-hydrogen) atoms. The molecule has 0 aliphatic heterocycles. The number of rotatable bonds is 6. The highest BCUT2D eigenvalue weighted by Crippen LogP contribution is 2.28. The van der Waals surface area contributed by atoms with E-state index in [0.717, 1.165) is 23.3 Å². The Balaban J connectivity index is 1.81. The molecule has 0 heterocycles. The third-order valence-electron chi connectivity index (χ3n) is 4.03. The molecule has 2 atom stereocenters. The Kier molecular flexibility index (Phi) is 7.06. The van der Waals surface area contributed by atoms with Crippen LogP contribution in [0.5, 0.6) is 0 Å². The minimum atomic E-state index is -0.0944. The summed E-state index contributed by atoms with van der Waals surface area (Å²) in [6.07, 6.45) is 4.74. The van der Waals surface area contributed by atoms with Crippen LogP contribution in [-0.4, -0.2) is 28.2 Å². The van der Waals surface area contributed by atoms with Gasteiger partial charge in [0, 0.05) is 17.8 Å². The van der Waals surface area contributed by atoms with Gasteiger partial charge in [0.1, 0.15) is 0 Å². The number of thioether (sulfide) groups is 1. The lowest BCUT2D eigenvalue weighted by molar-refractivity contribution is 0.233. The van der Waals surface area contributed by atoms with Crippen LogP contribution in [0.4, 0.5) is 4.79 Å². The summed E-state index contributed by atoms with van der Waals surface area (Å²) in [4.78, 5) is 12.1. The topological polar surface area (TPSA) is 61.4 Å². The van der Waals surface area contributed by atoms with Crippen LogP contribution in [0, 0.1) is 0 Å². The number of aliphatic hydroxyl groups is 1. The molecular weight excluding hydrogens is 296 g/mol. The first-order valence-electron chi connectivity index (χ1n) is 8.07. The Bertz CT molecular complexity index is 479. The Morgan fingerprint density at radius 2 is 2.09 bits per heavy atom. The minimum absolute atomic E-state index is 0.0258. The van der Waals surface area contributed by atoms with Gasteiger partial charge in [-0.15, -0.1) is 0 Å². The molecule has 2 rings (SSSR count). The molecule has 0 saturated heterocycles. The quantitative estimate of drug-likeness (QED) is 0.754. The molecule has 3 N–H and O–H groups in total. The van der Waals surface area contributed by atoms with Gasteiger partial charge in [0.15, 0.2) is 0 Å². The van der Waals surface area contributed by atoms with Gasteiger partial charge in [-0.3, -0.25) is 0 Å². The molecule has 5 heteroatoms. The first-order valence-corrected chi connectivity index (χ1v) is 9.12. The van der Waals surface area contributed by atoms with Gasteiger partial charge in [0.05, 0.1) is 6.61 Å². The Labute approximate surface area is 137 Å². The van der Waals surface area contributed by atoms with E-state index in [1.54, 1.807) is 0 Å². The Hall–Kier alpha value is -1.20. The third kappa shape index (κ3) is 5.21. The lowest BCUT2D eigenvalue weighted by Crippen LogP contribution is -2.47. The van der Waals surface area contributed by atoms with Gasteiger partial charge in [-0.05, 0) is 29.7 Å². The van der Waals surface area contributed by atoms with E-state index >= 15 is 0 Å². The molecule has 0 radical (unpaired) electrons. The van der Waals surface area contributed by atoms with Crippen LogP contribution in [0.2, 0.25) is 0 Å². The summed E-state index contributed by atoms with van der Waals surface area (Å²) in [6, 6.07) is 7.82. The normalized spacial score (nSPS) is 21.4. The molecule has 1 aromatic rings. The molecule has 0 spiro atoms. The molecule has 1 aromatic carbocycles. The summed E-state index contributed by atoms with van der Waals surface area (Å²) in [6.45, 7) is 2.68. The molecule has 2 amide bonds. The van der Waals surface area contributed by atoms with Crippen LogP contribution in [0.25, 0.3) is 0 Å². The maximum atomic E-state index is 12.1. The zero-order valence-corrected chi connectivity index (χ0v) is 14.0. The largest absolute Gasteiger partial charge is 0.392 e. The fraction of sp³-hybridized carbons (Fsp3) is 0.588. The average molecular weight is 322 g/mol. The number of benzene rings is 1. The van der Waals surface area contributed by atoms with Gasteiger partial charge in [0.2, 0.25) is 0 Å². The SMILES string of the molecule is CCSC1CCCCC1NC(=O)NCc1cccc(CO)c1. The lowest BCUT2D eigenvalue weighted by atomic mass is 9.95. The van der Waals surface area contributed by atoms with E-state index in [1.165, 1.54) is 19.3 Å². The number of aliphatic hydroxyl groups excluding tert-OH is 1. The van der Waals surface area contributed by atoms with E-state index < -0.39 is 0 Å². The van der Waals surface area contributed by atoms with E-state index in [4.69, 9.17) is 5.11 Å². The van der Waals surface area contributed by atoms with Gasteiger partial charge in [-0.1, -0.05) is 44.0 Å². The van der Waals surface area contributed by atoms with Gasteiger partial charge >= 0.3 is 6.03 Å². The van der Waals surface area contributed by atoms with Crippen LogP contribution in [-0.2, 0) is 13.2 Å². The van der Waals surface area contributed by atoms with Crippen molar-refractivity contribution in [3.8, 4) is 0 Å². The number of hydrogen-bond acceptors (Lipinski definition) is 3. The number of carbonyl (C=O) groups is 1. The maximum absolute atomic E-state index is 12.1. The van der Waals surface area contributed by atoms with Crippen molar-refractivity contribution in [3.63, 3.8) is 0 Å². The van der Waals surface area contributed by atoms with Gasteiger partial charge in [0.25, 0.3) is 0 Å². The van der Waals surface area contributed by atoms with Crippen molar-refractivity contribution in [1.82, 2.24) is 10.6 Å². The van der Waals surface area contributed by atoms with Crippen molar-refractivity contribution in [1.29, 1.82) is 0 Å². The zero-order valence-electron chi connectivity index (χ0n) is 13.2. The van der Waals surface area contributed by atoms with E-state index in [1.807, 2.05) is 36.0 Å². The number of urea groups is 1. The minimum Gasteiger partial charge on any atom is -0.392 e.